The van der Waals surface area contributed by atoms with Gasteiger partial charge in [-0.2, -0.15) is 0 Å². The molecule has 0 radical (unpaired) electrons. The number of benzene rings is 1. The molecule has 1 fully saturated rings. The van der Waals surface area contributed by atoms with E-state index in [0.29, 0.717) is 24.2 Å². The lowest BCUT2D eigenvalue weighted by atomic mass is 9.83. The van der Waals surface area contributed by atoms with Gasteiger partial charge in [0.2, 0.25) is 0 Å². The first-order chi connectivity index (χ1) is 8.75. The van der Waals surface area contributed by atoms with Gasteiger partial charge in [0.05, 0.1) is 0 Å². The third kappa shape index (κ3) is 2.00. The van der Waals surface area contributed by atoms with E-state index in [-0.39, 0.29) is 5.56 Å². The first kappa shape index (κ1) is 11.6. The van der Waals surface area contributed by atoms with Crippen molar-refractivity contribution in [2.45, 2.75) is 19.3 Å². The van der Waals surface area contributed by atoms with Gasteiger partial charge in [-0.3, -0.25) is 0 Å². The van der Waals surface area contributed by atoms with Crippen molar-refractivity contribution in [3.05, 3.63) is 59.7 Å². The van der Waals surface area contributed by atoms with Gasteiger partial charge in [0, 0.05) is 5.56 Å². The molecule has 0 N–H and O–H groups in total. The van der Waals surface area contributed by atoms with Gasteiger partial charge in [0.25, 0.3) is 0 Å². The zero-order chi connectivity index (χ0) is 12.5. The third-order valence-electron chi connectivity index (χ3n) is 4.24. The molecule has 0 bridgehead atoms. The molecule has 0 amide bonds. The molecule has 1 aromatic rings. The maximum absolute atomic E-state index is 13.7. The fourth-order valence-electron chi connectivity index (χ4n) is 3.29. The highest BCUT2D eigenvalue weighted by molar-refractivity contribution is 5.23. The van der Waals surface area contributed by atoms with Gasteiger partial charge in [-0.1, -0.05) is 30.4 Å². The van der Waals surface area contributed by atoms with E-state index >= 15 is 0 Å². The van der Waals surface area contributed by atoms with Crippen molar-refractivity contribution in [2.24, 2.45) is 17.8 Å². The van der Waals surface area contributed by atoms with Crippen LogP contribution in [0, 0.1) is 29.4 Å². The van der Waals surface area contributed by atoms with E-state index in [2.05, 4.69) is 24.3 Å². The van der Waals surface area contributed by atoms with Crippen molar-refractivity contribution >= 4 is 0 Å². The number of hydrogen-bond donors (Lipinski definition) is 0. The Balaban J connectivity index is 1.81. The Morgan fingerprint density at radius 3 is 2.50 bits per heavy atom. The summed E-state index contributed by atoms with van der Waals surface area (Å²) in [6.45, 7) is 0. The van der Waals surface area contributed by atoms with Crippen LogP contribution in [0.4, 0.5) is 8.78 Å². The van der Waals surface area contributed by atoms with Crippen molar-refractivity contribution in [1.29, 1.82) is 0 Å². The first-order valence-electron chi connectivity index (χ1n) is 6.53. The summed E-state index contributed by atoms with van der Waals surface area (Å²) in [6.07, 6.45) is 11.2. The van der Waals surface area contributed by atoms with E-state index in [1.807, 2.05) is 0 Å². The molecule has 0 heterocycles. The molecule has 1 aromatic carbocycles. The minimum Gasteiger partial charge on any atom is -0.207 e. The molecule has 1 saturated carbocycles. The van der Waals surface area contributed by atoms with Gasteiger partial charge < -0.3 is 0 Å². The summed E-state index contributed by atoms with van der Waals surface area (Å²) in [5.41, 5.74) is 0.256. The van der Waals surface area contributed by atoms with Crippen molar-refractivity contribution in [3.8, 4) is 0 Å². The second-order valence-corrected chi connectivity index (χ2v) is 5.25. The Morgan fingerprint density at radius 1 is 1.00 bits per heavy atom. The highest BCUT2D eigenvalue weighted by atomic mass is 19.1. The van der Waals surface area contributed by atoms with E-state index in [1.165, 1.54) is 18.2 Å². The van der Waals surface area contributed by atoms with Gasteiger partial charge in [-0.25, -0.2) is 8.78 Å². The maximum atomic E-state index is 13.7. The summed E-state index contributed by atoms with van der Waals surface area (Å²) in [5, 5.41) is 0. The average Bonchev–Trinajstić information content (AvgIpc) is 2.77. The Bertz CT molecular complexity index is 482. The number of fused-ring (bicyclic) bond motifs is 1. The van der Waals surface area contributed by atoms with Crippen LogP contribution in [0.3, 0.4) is 0 Å². The number of allylic oxidation sites excluding steroid dienone is 4. The van der Waals surface area contributed by atoms with Gasteiger partial charge in [0.1, 0.15) is 11.6 Å². The minimum absolute atomic E-state index is 0.256. The Kier molecular flexibility index (Phi) is 3.02. The monoisotopic (exact) mass is 246 g/mol. The fourth-order valence-corrected chi connectivity index (χ4v) is 3.29. The van der Waals surface area contributed by atoms with Crippen LogP contribution < -0.4 is 0 Å². The van der Waals surface area contributed by atoms with Crippen LogP contribution in [-0.2, 0) is 6.42 Å². The van der Waals surface area contributed by atoms with Crippen molar-refractivity contribution in [1.82, 2.24) is 0 Å². The Labute approximate surface area is 106 Å². The number of hydrogen-bond acceptors (Lipinski definition) is 0. The summed E-state index contributed by atoms with van der Waals surface area (Å²) >= 11 is 0. The maximum Gasteiger partial charge on any atom is 0.129 e. The summed E-state index contributed by atoms with van der Waals surface area (Å²) in [6, 6.07) is 4.12. The summed E-state index contributed by atoms with van der Waals surface area (Å²) in [5.74, 6) is 0.564. The third-order valence-corrected chi connectivity index (χ3v) is 4.24. The molecule has 2 unspecified atom stereocenters. The SMILES string of the molecule is Fc1cccc(F)c1CC1CCC2C=CC=C[C@H]21. The van der Waals surface area contributed by atoms with Gasteiger partial charge in [-0.15, -0.1) is 0 Å². The standard InChI is InChI=1S/C16H16F2/c17-15-6-3-7-16(18)14(15)10-12-9-8-11-4-1-2-5-13(11)12/h1-7,11-13H,8-10H2/t11?,12?,13-/m1/s1. The predicted octanol–water partition coefficient (Wildman–Crippen LogP) is 4.28. The molecular weight excluding hydrogens is 230 g/mol. The van der Waals surface area contributed by atoms with Crippen molar-refractivity contribution in [3.63, 3.8) is 0 Å². The molecule has 0 aliphatic heterocycles. The fraction of sp³-hybridized carbons (Fsp3) is 0.375. The first-order valence-corrected chi connectivity index (χ1v) is 6.53. The second kappa shape index (κ2) is 4.68. The lowest BCUT2D eigenvalue weighted by molar-refractivity contribution is 0.402. The Hall–Kier alpha value is -1.44. The molecule has 2 aliphatic carbocycles. The molecule has 0 nitrogen and oxygen atoms in total. The summed E-state index contributed by atoms with van der Waals surface area (Å²) in [4.78, 5) is 0. The molecule has 94 valence electrons. The van der Waals surface area contributed by atoms with Crippen LogP contribution in [0.2, 0.25) is 0 Å². The van der Waals surface area contributed by atoms with Gasteiger partial charge >= 0.3 is 0 Å². The zero-order valence-electron chi connectivity index (χ0n) is 10.2. The second-order valence-electron chi connectivity index (χ2n) is 5.25. The highest BCUT2D eigenvalue weighted by Crippen LogP contribution is 2.42. The van der Waals surface area contributed by atoms with E-state index in [9.17, 15) is 8.78 Å². The van der Waals surface area contributed by atoms with Crippen LogP contribution in [0.25, 0.3) is 0 Å². The molecule has 3 atom stereocenters. The van der Waals surface area contributed by atoms with E-state index in [0.717, 1.165) is 12.8 Å². The lowest BCUT2D eigenvalue weighted by Gasteiger charge is -2.22. The largest absolute Gasteiger partial charge is 0.207 e. The smallest absolute Gasteiger partial charge is 0.129 e. The van der Waals surface area contributed by atoms with Crippen LogP contribution in [0.1, 0.15) is 18.4 Å². The van der Waals surface area contributed by atoms with Gasteiger partial charge in [0.15, 0.2) is 0 Å². The summed E-state index contributed by atoms with van der Waals surface area (Å²) in [7, 11) is 0. The summed E-state index contributed by atoms with van der Waals surface area (Å²) < 4.78 is 27.3. The van der Waals surface area contributed by atoms with E-state index in [4.69, 9.17) is 0 Å². The Morgan fingerprint density at radius 2 is 1.72 bits per heavy atom. The average molecular weight is 246 g/mol. The van der Waals surface area contributed by atoms with Crippen LogP contribution >= 0.6 is 0 Å². The molecule has 0 aromatic heterocycles. The molecule has 2 heteroatoms. The van der Waals surface area contributed by atoms with E-state index in [1.54, 1.807) is 0 Å². The van der Waals surface area contributed by atoms with Crippen LogP contribution in [-0.4, -0.2) is 0 Å². The van der Waals surface area contributed by atoms with Crippen LogP contribution in [0.5, 0.6) is 0 Å². The number of rotatable bonds is 2. The molecule has 0 spiro atoms. The number of halogens is 2. The molecule has 2 aliphatic rings. The molecule has 18 heavy (non-hydrogen) atoms. The minimum atomic E-state index is -0.409. The predicted molar refractivity (Wildman–Crippen MR) is 68.0 cm³/mol. The molecular formula is C16H16F2. The van der Waals surface area contributed by atoms with Crippen molar-refractivity contribution < 1.29 is 8.78 Å². The topological polar surface area (TPSA) is 0 Å². The van der Waals surface area contributed by atoms with Crippen molar-refractivity contribution in [2.75, 3.05) is 0 Å². The normalized spacial score (nSPS) is 29.6. The molecule has 0 saturated heterocycles. The quantitative estimate of drug-likeness (QED) is 0.730. The lowest BCUT2D eigenvalue weighted by Crippen LogP contribution is -2.16. The van der Waals surface area contributed by atoms with Gasteiger partial charge in [-0.05, 0) is 49.1 Å². The molecule has 3 rings (SSSR count). The highest BCUT2D eigenvalue weighted by Gasteiger charge is 2.34. The zero-order valence-corrected chi connectivity index (χ0v) is 10.2. The van der Waals surface area contributed by atoms with E-state index < -0.39 is 11.6 Å². The van der Waals surface area contributed by atoms with Crippen LogP contribution in [0.15, 0.2) is 42.5 Å².